The van der Waals surface area contributed by atoms with Crippen LogP contribution < -0.4 is 0 Å². The molecule has 1 aromatic rings. The fraction of sp³-hybridized carbons (Fsp3) is 0.789. The molecule has 3 saturated heterocycles. The number of esters is 1. The van der Waals surface area contributed by atoms with Crippen molar-refractivity contribution in [1.29, 1.82) is 0 Å². The molecule has 6 nitrogen and oxygen atoms in total. The fourth-order valence-electron chi connectivity index (χ4n) is 4.37. The minimum Gasteiger partial charge on any atom is -0.461 e. The van der Waals surface area contributed by atoms with Gasteiger partial charge in [-0.1, -0.05) is 6.92 Å². The van der Waals surface area contributed by atoms with E-state index in [0.29, 0.717) is 0 Å². The zero-order valence-electron chi connectivity index (χ0n) is 15.6. The minimum absolute atomic E-state index is 0.0392. The average molecular weight is 380 g/mol. The molecule has 3 aliphatic rings. The standard InChI is InChI=1S/C19H29N3O3S/c1-2-17-20-15(14-26-17)12-21-5-3-19(4-6-21)11-16(25-18(19)23)13-22-7-9-24-10-8-22/h14,16H,2-13H2,1H3. The lowest BCUT2D eigenvalue weighted by molar-refractivity contribution is -0.151. The van der Waals surface area contributed by atoms with Gasteiger partial charge in [-0.2, -0.15) is 0 Å². The number of aryl methyl sites for hydroxylation is 1. The Balaban J connectivity index is 1.29. The van der Waals surface area contributed by atoms with Crippen LogP contribution in [0.1, 0.15) is 36.9 Å². The third-order valence-electron chi connectivity index (χ3n) is 5.99. The van der Waals surface area contributed by atoms with Crippen molar-refractivity contribution >= 4 is 17.3 Å². The van der Waals surface area contributed by atoms with Crippen molar-refractivity contribution in [1.82, 2.24) is 14.8 Å². The van der Waals surface area contributed by atoms with Gasteiger partial charge in [0.25, 0.3) is 0 Å². The Bertz CT molecular complexity index is 621. The lowest BCUT2D eigenvalue weighted by Gasteiger charge is -2.36. The summed E-state index contributed by atoms with van der Waals surface area (Å²) in [4.78, 5) is 22.1. The summed E-state index contributed by atoms with van der Waals surface area (Å²) < 4.78 is 11.2. The highest BCUT2D eigenvalue weighted by Crippen LogP contribution is 2.43. The van der Waals surface area contributed by atoms with Crippen LogP contribution in [0.25, 0.3) is 0 Å². The Morgan fingerprint density at radius 2 is 2.00 bits per heavy atom. The van der Waals surface area contributed by atoms with Crippen LogP contribution in [-0.4, -0.2) is 72.8 Å². The van der Waals surface area contributed by atoms with E-state index >= 15 is 0 Å². The van der Waals surface area contributed by atoms with Crippen molar-refractivity contribution in [3.8, 4) is 0 Å². The number of carbonyl (C=O) groups excluding carboxylic acids is 1. The van der Waals surface area contributed by atoms with E-state index in [0.717, 1.165) is 78.2 Å². The summed E-state index contributed by atoms with van der Waals surface area (Å²) in [5, 5.41) is 3.38. The first kappa shape index (κ1) is 18.3. The summed E-state index contributed by atoms with van der Waals surface area (Å²) in [6.45, 7) is 9.29. The molecular weight excluding hydrogens is 350 g/mol. The summed E-state index contributed by atoms with van der Waals surface area (Å²) in [5.74, 6) is 0.0392. The molecule has 0 bridgehead atoms. The van der Waals surface area contributed by atoms with Crippen LogP contribution >= 0.6 is 11.3 Å². The first-order valence-electron chi connectivity index (χ1n) is 9.84. The Morgan fingerprint density at radius 1 is 1.23 bits per heavy atom. The van der Waals surface area contributed by atoms with Gasteiger partial charge in [-0.3, -0.25) is 14.6 Å². The molecular formula is C19H29N3O3S. The zero-order valence-corrected chi connectivity index (χ0v) is 16.4. The van der Waals surface area contributed by atoms with Crippen molar-refractivity contribution < 1.29 is 14.3 Å². The van der Waals surface area contributed by atoms with Crippen molar-refractivity contribution in [2.24, 2.45) is 5.41 Å². The molecule has 1 atom stereocenters. The molecule has 4 heterocycles. The van der Waals surface area contributed by atoms with Gasteiger partial charge in [0.2, 0.25) is 0 Å². The van der Waals surface area contributed by atoms with Gasteiger partial charge >= 0.3 is 5.97 Å². The van der Waals surface area contributed by atoms with Gasteiger partial charge in [-0.15, -0.1) is 11.3 Å². The smallest absolute Gasteiger partial charge is 0.312 e. The highest BCUT2D eigenvalue weighted by atomic mass is 32.1. The van der Waals surface area contributed by atoms with Crippen molar-refractivity contribution in [3.05, 3.63) is 16.1 Å². The van der Waals surface area contributed by atoms with E-state index < -0.39 is 0 Å². The highest BCUT2D eigenvalue weighted by Gasteiger charge is 2.50. The molecule has 4 rings (SSSR count). The molecule has 0 aromatic carbocycles. The van der Waals surface area contributed by atoms with Crippen molar-refractivity contribution in [2.75, 3.05) is 45.9 Å². The number of ether oxygens (including phenoxy) is 2. The molecule has 1 unspecified atom stereocenters. The molecule has 3 fully saturated rings. The Morgan fingerprint density at radius 3 is 2.69 bits per heavy atom. The summed E-state index contributed by atoms with van der Waals surface area (Å²) in [6.07, 6.45) is 3.77. The first-order chi connectivity index (χ1) is 12.7. The number of morpholine rings is 1. The van der Waals surface area contributed by atoms with E-state index in [1.807, 2.05) is 0 Å². The molecule has 7 heteroatoms. The van der Waals surface area contributed by atoms with Crippen LogP contribution in [0, 0.1) is 5.41 Å². The Labute approximate surface area is 159 Å². The third kappa shape index (κ3) is 3.96. The highest BCUT2D eigenvalue weighted by molar-refractivity contribution is 7.09. The monoisotopic (exact) mass is 379 g/mol. The van der Waals surface area contributed by atoms with Crippen LogP contribution in [-0.2, 0) is 27.2 Å². The summed E-state index contributed by atoms with van der Waals surface area (Å²) >= 11 is 1.75. The normalized spacial score (nSPS) is 27.1. The predicted octanol–water partition coefficient (Wildman–Crippen LogP) is 1.94. The summed E-state index contributed by atoms with van der Waals surface area (Å²) in [6, 6.07) is 0. The topological polar surface area (TPSA) is 54.9 Å². The lowest BCUT2D eigenvalue weighted by Crippen LogP contribution is -2.43. The number of piperidine rings is 1. The second kappa shape index (κ2) is 7.92. The molecule has 3 aliphatic heterocycles. The van der Waals surface area contributed by atoms with E-state index in [9.17, 15) is 4.79 Å². The molecule has 1 aromatic heterocycles. The van der Waals surface area contributed by atoms with Gasteiger partial charge in [0, 0.05) is 38.0 Å². The van der Waals surface area contributed by atoms with Crippen molar-refractivity contribution in [2.45, 2.75) is 45.3 Å². The number of aromatic nitrogens is 1. The number of likely N-dealkylation sites (tertiary alicyclic amines) is 1. The second-order valence-electron chi connectivity index (χ2n) is 7.79. The Kier molecular flexibility index (Phi) is 5.59. The second-order valence-corrected chi connectivity index (χ2v) is 8.73. The largest absolute Gasteiger partial charge is 0.461 e. The first-order valence-corrected chi connectivity index (χ1v) is 10.7. The molecule has 0 aliphatic carbocycles. The van der Waals surface area contributed by atoms with E-state index in [2.05, 4.69) is 27.1 Å². The van der Waals surface area contributed by atoms with Gasteiger partial charge in [-0.25, -0.2) is 4.98 Å². The fourth-order valence-corrected chi connectivity index (χ4v) is 5.11. The SMILES string of the molecule is CCc1nc(CN2CCC3(CC2)CC(CN2CCOCC2)OC3=O)cs1. The lowest BCUT2D eigenvalue weighted by atomic mass is 9.76. The molecule has 144 valence electrons. The van der Waals surface area contributed by atoms with Gasteiger partial charge < -0.3 is 9.47 Å². The molecule has 0 N–H and O–H groups in total. The maximum Gasteiger partial charge on any atom is 0.312 e. The van der Waals surface area contributed by atoms with Crippen molar-refractivity contribution in [3.63, 3.8) is 0 Å². The maximum atomic E-state index is 12.6. The van der Waals surface area contributed by atoms with Gasteiger partial charge in [0.15, 0.2) is 0 Å². The molecule has 26 heavy (non-hydrogen) atoms. The number of nitrogens with zero attached hydrogens (tertiary/aromatic N) is 3. The van der Waals surface area contributed by atoms with E-state index in [1.165, 1.54) is 10.7 Å². The molecule has 0 saturated carbocycles. The number of thiazole rings is 1. The van der Waals surface area contributed by atoms with Crippen LogP contribution in [0.15, 0.2) is 5.38 Å². The number of cyclic esters (lactones) is 1. The van der Waals surface area contributed by atoms with Gasteiger partial charge in [0.1, 0.15) is 6.10 Å². The average Bonchev–Trinajstić information content (AvgIpc) is 3.23. The predicted molar refractivity (Wildman–Crippen MR) is 100 cm³/mol. The number of hydrogen-bond acceptors (Lipinski definition) is 7. The third-order valence-corrected chi connectivity index (χ3v) is 7.03. The minimum atomic E-state index is -0.246. The summed E-state index contributed by atoms with van der Waals surface area (Å²) in [7, 11) is 0. The maximum absolute atomic E-state index is 12.6. The van der Waals surface area contributed by atoms with E-state index in [-0.39, 0.29) is 17.5 Å². The molecule has 0 radical (unpaired) electrons. The van der Waals surface area contributed by atoms with Gasteiger partial charge in [-0.05, 0) is 32.4 Å². The number of carbonyl (C=O) groups is 1. The molecule has 0 amide bonds. The Hall–Kier alpha value is -1.02. The van der Waals surface area contributed by atoms with Crippen LogP contribution in [0.2, 0.25) is 0 Å². The van der Waals surface area contributed by atoms with Gasteiger partial charge in [0.05, 0.1) is 29.3 Å². The van der Waals surface area contributed by atoms with E-state index in [4.69, 9.17) is 9.47 Å². The summed E-state index contributed by atoms with van der Waals surface area (Å²) in [5.41, 5.74) is 0.923. The van der Waals surface area contributed by atoms with Crippen LogP contribution in [0.4, 0.5) is 0 Å². The zero-order chi connectivity index (χ0) is 18.0. The number of rotatable bonds is 5. The molecule has 1 spiro atoms. The van der Waals surface area contributed by atoms with E-state index in [1.54, 1.807) is 11.3 Å². The van der Waals surface area contributed by atoms with Crippen LogP contribution in [0.3, 0.4) is 0 Å². The van der Waals surface area contributed by atoms with Crippen LogP contribution in [0.5, 0.6) is 0 Å². The quantitative estimate of drug-likeness (QED) is 0.729. The number of hydrogen-bond donors (Lipinski definition) is 0.